The molecule has 3 N–H and O–H groups in total. The maximum Gasteiger partial charge on any atom is 0.323 e. The number of aliphatic carboxylic acids is 1. The molecule has 110 valence electrons. The smallest absolute Gasteiger partial charge is 0.323 e. The average Bonchev–Trinajstić information content (AvgIpc) is 2.84. The van der Waals surface area contributed by atoms with Crippen molar-refractivity contribution in [1.82, 2.24) is 4.90 Å². The Kier molecular flexibility index (Phi) is 3.53. The van der Waals surface area contributed by atoms with E-state index in [4.69, 9.17) is 22.0 Å². The third-order valence-electron chi connectivity index (χ3n) is 4.70. The van der Waals surface area contributed by atoms with E-state index < -0.39 is 29.4 Å². The van der Waals surface area contributed by atoms with Crippen LogP contribution in [0.3, 0.4) is 0 Å². The number of terminal acetylenes is 1. The van der Waals surface area contributed by atoms with Crippen molar-refractivity contribution in [1.29, 1.82) is 0 Å². The maximum absolute atomic E-state index is 12.7. The van der Waals surface area contributed by atoms with Crippen LogP contribution >= 0.6 is 0 Å². The van der Waals surface area contributed by atoms with Crippen LogP contribution in [0, 0.1) is 23.7 Å². The number of carboxylic acids is 1. The normalized spacial score (nSPS) is 33.7. The van der Waals surface area contributed by atoms with Gasteiger partial charge in [0.2, 0.25) is 5.91 Å². The van der Waals surface area contributed by atoms with E-state index in [9.17, 15) is 9.59 Å². The third kappa shape index (κ3) is 1.81. The van der Waals surface area contributed by atoms with Gasteiger partial charge in [-0.3, -0.25) is 9.59 Å². The van der Waals surface area contributed by atoms with E-state index in [0.717, 1.165) is 4.90 Å². The molecule has 2 fully saturated rings. The van der Waals surface area contributed by atoms with E-state index in [1.54, 1.807) is 0 Å². The highest BCUT2D eigenvalue weighted by molar-refractivity contribution is 5.92. The molecule has 1 heterocycles. The number of carbonyl (C=O) groups is 2. The van der Waals surface area contributed by atoms with Crippen molar-refractivity contribution < 1.29 is 19.4 Å². The van der Waals surface area contributed by atoms with Gasteiger partial charge in [0, 0.05) is 17.9 Å². The van der Waals surface area contributed by atoms with Gasteiger partial charge in [-0.15, -0.1) is 6.42 Å². The highest BCUT2D eigenvalue weighted by Gasteiger charge is 2.71. The Labute approximate surface area is 118 Å². The largest absolute Gasteiger partial charge is 0.480 e. The number of carboxylic acid groups (broad SMARTS) is 1. The van der Waals surface area contributed by atoms with E-state index in [1.807, 2.05) is 13.8 Å². The topological polar surface area (TPSA) is 92.9 Å². The van der Waals surface area contributed by atoms with Crippen molar-refractivity contribution in [2.24, 2.45) is 17.1 Å². The number of nitrogens with zero attached hydrogens (tertiary/aromatic N) is 1. The molecule has 0 radical (unpaired) electrons. The molecule has 1 saturated heterocycles. The molecule has 0 bridgehead atoms. The third-order valence-corrected chi connectivity index (χ3v) is 4.70. The predicted octanol–water partition coefficient (Wildman–Crippen LogP) is -0.325. The lowest BCUT2D eigenvalue weighted by molar-refractivity contribution is -0.184. The van der Waals surface area contributed by atoms with E-state index in [-0.39, 0.29) is 18.6 Å². The lowest BCUT2D eigenvalue weighted by Crippen LogP contribution is -2.80. The lowest BCUT2D eigenvalue weighted by atomic mass is 9.47. The van der Waals surface area contributed by atoms with E-state index in [0.29, 0.717) is 13.0 Å². The van der Waals surface area contributed by atoms with Crippen LogP contribution in [0.1, 0.15) is 20.3 Å². The molecule has 1 amide bonds. The zero-order chi connectivity index (χ0) is 15.1. The summed E-state index contributed by atoms with van der Waals surface area (Å²) in [6.07, 6.45) is 5.89. The van der Waals surface area contributed by atoms with E-state index >= 15 is 0 Å². The molecule has 0 aromatic heterocycles. The quantitative estimate of drug-likeness (QED) is 0.688. The van der Waals surface area contributed by atoms with Crippen LogP contribution in [0.2, 0.25) is 0 Å². The molecule has 3 unspecified atom stereocenters. The summed E-state index contributed by atoms with van der Waals surface area (Å²) in [5.41, 5.74) is 4.74. The van der Waals surface area contributed by atoms with Gasteiger partial charge in [0.25, 0.3) is 0 Å². The summed E-state index contributed by atoms with van der Waals surface area (Å²) in [4.78, 5) is 24.7. The first-order valence-corrected chi connectivity index (χ1v) is 6.62. The van der Waals surface area contributed by atoms with Crippen molar-refractivity contribution in [3.8, 4) is 12.3 Å². The zero-order valence-electron chi connectivity index (χ0n) is 11.8. The van der Waals surface area contributed by atoms with Crippen LogP contribution in [0.25, 0.3) is 0 Å². The van der Waals surface area contributed by atoms with Gasteiger partial charge in [0.15, 0.2) is 0 Å². The molecule has 0 spiro atoms. The molecule has 1 aliphatic heterocycles. The molecule has 6 nitrogen and oxygen atoms in total. The van der Waals surface area contributed by atoms with Crippen molar-refractivity contribution >= 4 is 11.9 Å². The molecule has 20 heavy (non-hydrogen) atoms. The highest BCUT2D eigenvalue weighted by atomic mass is 16.5. The summed E-state index contributed by atoms with van der Waals surface area (Å²) >= 11 is 0. The Balaban J connectivity index is 2.26. The standard InChI is InChI=1S/C14H20N2O4/c1-4-6-16(8-10(17)18)12(19)14(15)9-5-7-20-11(9)13(14,2)3/h1,9,11H,5-8,15H2,2-3H3,(H,17,18). The molecule has 0 aromatic rings. The van der Waals surface area contributed by atoms with Gasteiger partial charge in [-0.05, 0) is 6.42 Å². The summed E-state index contributed by atoms with van der Waals surface area (Å²) in [6, 6.07) is 0. The number of carbonyl (C=O) groups excluding carboxylic acids is 1. The van der Waals surface area contributed by atoms with Gasteiger partial charge in [-0.1, -0.05) is 19.8 Å². The van der Waals surface area contributed by atoms with Gasteiger partial charge in [-0.2, -0.15) is 0 Å². The molecular formula is C14H20N2O4. The molecule has 0 aromatic carbocycles. The first-order valence-electron chi connectivity index (χ1n) is 6.62. The molecule has 1 saturated carbocycles. The minimum atomic E-state index is -1.11. The Hall–Kier alpha value is -1.58. The second-order valence-electron chi connectivity index (χ2n) is 6.04. The number of nitrogens with two attached hydrogens (primary N) is 1. The van der Waals surface area contributed by atoms with Crippen LogP contribution < -0.4 is 5.73 Å². The molecule has 2 rings (SSSR count). The Morgan fingerprint density at radius 3 is 2.75 bits per heavy atom. The summed E-state index contributed by atoms with van der Waals surface area (Å²) in [6.45, 7) is 3.85. The van der Waals surface area contributed by atoms with Crippen LogP contribution in [-0.4, -0.2) is 53.2 Å². The minimum Gasteiger partial charge on any atom is -0.480 e. The Bertz CT molecular complexity index is 482. The molecule has 3 atom stereocenters. The Morgan fingerprint density at radius 2 is 2.20 bits per heavy atom. The van der Waals surface area contributed by atoms with Crippen LogP contribution in [-0.2, 0) is 14.3 Å². The minimum absolute atomic E-state index is 0.0473. The highest BCUT2D eigenvalue weighted by Crippen LogP contribution is 2.58. The number of hydrogen-bond donors (Lipinski definition) is 2. The molecule has 2 aliphatic rings. The number of amides is 1. The van der Waals surface area contributed by atoms with Gasteiger partial charge in [0.1, 0.15) is 12.1 Å². The number of hydrogen-bond acceptors (Lipinski definition) is 4. The van der Waals surface area contributed by atoms with Crippen molar-refractivity contribution in [2.75, 3.05) is 19.7 Å². The molecule has 6 heteroatoms. The zero-order valence-corrected chi connectivity index (χ0v) is 11.8. The SMILES string of the molecule is C#CCN(CC(=O)O)C(=O)C1(N)C2CCOC2C1(C)C. The average molecular weight is 280 g/mol. The molecular weight excluding hydrogens is 260 g/mol. The summed E-state index contributed by atoms with van der Waals surface area (Å²) in [5, 5.41) is 8.91. The molecule has 1 aliphatic carbocycles. The number of fused-ring (bicyclic) bond motifs is 1. The van der Waals surface area contributed by atoms with Gasteiger partial charge in [0.05, 0.1) is 12.6 Å². The first-order chi connectivity index (χ1) is 9.26. The van der Waals surface area contributed by atoms with Gasteiger partial charge in [-0.25, -0.2) is 0 Å². The fraction of sp³-hybridized carbons (Fsp3) is 0.714. The summed E-state index contributed by atoms with van der Waals surface area (Å²) in [5.74, 6) is 0.749. The number of rotatable bonds is 4. The van der Waals surface area contributed by atoms with Crippen LogP contribution in [0.5, 0.6) is 0 Å². The van der Waals surface area contributed by atoms with E-state index in [1.165, 1.54) is 0 Å². The van der Waals surface area contributed by atoms with Crippen molar-refractivity contribution in [3.05, 3.63) is 0 Å². The first kappa shape index (κ1) is 14.8. The maximum atomic E-state index is 12.7. The van der Waals surface area contributed by atoms with E-state index in [2.05, 4.69) is 5.92 Å². The number of ether oxygens (including phenoxy) is 1. The lowest BCUT2D eigenvalue weighted by Gasteiger charge is -2.61. The van der Waals surface area contributed by atoms with Crippen molar-refractivity contribution in [3.63, 3.8) is 0 Å². The van der Waals surface area contributed by atoms with Gasteiger partial charge < -0.3 is 20.5 Å². The second kappa shape index (κ2) is 4.76. The Morgan fingerprint density at radius 1 is 1.55 bits per heavy atom. The monoisotopic (exact) mass is 280 g/mol. The predicted molar refractivity (Wildman–Crippen MR) is 71.6 cm³/mol. The van der Waals surface area contributed by atoms with Crippen molar-refractivity contribution in [2.45, 2.75) is 31.9 Å². The second-order valence-corrected chi connectivity index (χ2v) is 6.04. The van der Waals surface area contributed by atoms with Crippen LogP contribution in [0.15, 0.2) is 0 Å². The summed E-state index contributed by atoms with van der Waals surface area (Å²) < 4.78 is 5.63. The fourth-order valence-electron chi connectivity index (χ4n) is 3.55. The van der Waals surface area contributed by atoms with Gasteiger partial charge >= 0.3 is 5.97 Å². The fourth-order valence-corrected chi connectivity index (χ4v) is 3.55. The van der Waals surface area contributed by atoms with Crippen LogP contribution in [0.4, 0.5) is 0 Å². The summed E-state index contributed by atoms with van der Waals surface area (Å²) in [7, 11) is 0.